The molecule has 4 atom stereocenters. The fraction of sp³-hybridized carbons (Fsp3) is 0.810. The van der Waals surface area contributed by atoms with Gasteiger partial charge in [0.05, 0.1) is 19.1 Å². The molecule has 4 heteroatoms. The lowest BCUT2D eigenvalue weighted by Gasteiger charge is -2.62. The fourth-order valence-corrected chi connectivity index (χ4v) is 6.65. The van der Waals surface area contributed by atoms with Crippen molar-refractivity contribution >= 4 is 11.8 Å². The Kier molecular flexibility index (Phi) is 4.64. The minimum Gasteiger partial charge on any atom is -0.466 e. The Balaban J connectivity index is 2.04. The van der Waals surface area contributed by atoms with E-state index in [-0.39, 0.29) is 29.1 Å². The van der Waals surface area contributed by atoms with Gasteiger partial charge in [0, 0.05) is 5.57 Å². The van der Waals surface area contributed by atoms with Gasteiger partial charge in [-0.05, 0) is 67.3 Å². The van der Waals surface area contributed by atoms with Crippen LogP contribution in [0.1, 0.15) is 65.7 Å². The number of aliphatic hydroxyl groups is 1. The molecule has 140 valence electrons. The lowest BCUT2D eigenvalue weighted by atomic mass is 9.42. The highest BCUT2D eigenvalue weighted by molar-refractivity contribution is 6.03. The number of methoxy groups -OCH3 is 1. The molecule has 3 aliphatic rings. The van der Waals surface area contributed by atoms with Crippen LogP contribution in [-0.4, -0.2) is 30.6 Å². The first-order valence-corrected chi connectivity index (χ1v) is 9.65. The Hall–Kier alpha value is -1.16. The smallest absolute Gasteiger partial charge is 0.333 e. The molecule has 0 aromatic heterocycles. The van der Waals surface area contributed by atoms with Gasteiger partial charge >= 0.3 is 5.97 Å². The summed E-state index contributed by atoms with van der Waals surface area (Å²) in [5.41, 5.74) is 0.0411. The van der Waals surface area contributed by atoms with Crippen LogP contribution in [0.2, 0.25) is 0 Å². The maximum Gasteiger partial charge on any atom is 0.333 e. The predicted octanol–water partition coefficient (Wildman–Crippen LogP) is 3.67. The van der Waals surface area contributed by atoms with Crippen molar-refractivity contribution in [2.24, 2.45) is 28.1 Å². The van der Waals surface area contributed by atoms with Crippen molar-refractivity contribution in [2.45, 2.75) is 65.7 Å². The number of hydrogen-bond donors (Lipinski definition) is 1. The summed E-state index contributed by atoms with van der Waals surface area (Å²) >= 11 is 0. The molecule has 4 nitrogen and oxygen atoms in total. The number of allylic oxidation sites excluding steroid dienone is 1. The molecule has 0 heterocycles. The average molecular weight is 348 g/mol. The number of fused-ring (bicyclic) bond motifs is 3. The van der Waals surface area contributed by atoms with Crippen molar-refractivity contribution in [1.29, 1.82) is 0 Å². The van der Waals surface area contributed by atoms with Crippen molar-refractivity contribution in [1.82, 2.24) is 0 Å². The topological polar surface area (TPSA) is 63.6 Å². The summed E-state index contributed by atoms with van der Waals surface area (Å²) in [6, 6.07) is 0. The third-order valence-electron chi connectivity index (χ3n) is 7.85. The Bertz CT molecular complexity index is 605. The summed E-state index contributed by atoms with van der Waals surface area (Å²) in [6.07, 6.45) is 8.02. The average Bonchev–Trinajstić information content (AvgIpc) is 2.71. The summed E-state index contributed by atoms with van der Waals surface area (Å²) in [7, 11) is 1.36. The molecule has 0 amide bonds. The molecule has 0 spiro atoms. The Labute approximate surface area is 151 Å². The molecule has 1 N–H and O–H groups in total. The van der Waals surface area contributed by atoms with Crippen molar-refractivity contribution in [3.63, 3.8) is 0 Å². The Morgan fingerprint density at radius 2 is 1.92 bits per heavy atom. The van der Waals surface area contributed by atoms with Gasteiger partial charge in [0.25, 0.3) is 0 Å². The van der Waals surface area contributed by atoms with Crippen LogP contribution in [0.3, 0.4) is 0 Å². The van der Waals surface area contributed by atoms with Crippen LogP contribution in [0.25, 0.3) is 0 Å². The second-order valence-electron chi connectivity index (χ2n) is 9.37. The van der Waals surface area contributed by atoms with Crippen molar-refractivity contribution < 1.29 is 19.4 Å². The van der Waals surface area contributed by atoms with E-state index in [2.05, 4.69) is 20.8 Å². The number of hydrogen-bond acceptors (Lipinski definition) is 4. The number of carbonyl (C=O) groups excluding carboxylic acids is 2. The van der Waals surface area contributed by atoms with Crippen LogP contribution in [0, 0.1) is 28.1 Å². The third-order valence-corrected chi connectivity index (χ3v) is 7.85. The first-order chi connectivity index (χ1) is 11.7. The summed E-state index contributed by atoms with van der Waals surface area (Å²) < 4.78 is 4.86. The van der Waals surface area contributed by atoms with Crippen molar-refractivity contribution in [2.75, 3.05) is 13.7 Å². The molecule has 25 heavy (non-hydrogen) atoms. The molecule has 0 aromatic carbocycles. The van der Waals surface area contributed by atoms with Crippen LogP contribution in [0.5, 0.6) is 0 Å². The summed E-state index contributed by atoms with van der Waals surface area (Å²) in [5, 5.41) is 10.3. The van der Waals surface area contributed by atoms with Crippen LogP contribution < -0.4 is 0 Å². The van der Waals surface area contributed by atoms with Gasteiger partial charge in [0.2, 0.25) is 0 Å². The second kappa shape index (κ2) is 6.22. The first-order valence-electron chi connectivity index (χ1n) is 9.65. The van der Waals surface area contributed by atoms with E-state index in [4.69, 9.17) is 4.74 Å². The van der Waals surface area contributed by atoms with Crippen LogP contribution in [0.15, 0.2) is 11.6 Å². The molecular weight excluding hydrogens is 316 g/mol. The third kappa shape index (κ3) is 2.68. The minimum absolute atomic E-state index is 0.0395. The lowest BCUT2D eigenvalue weighted by Crippen LogP contribution is -2.58. The normalized spacial score (nSPS) is 40.4. The van der Waals surface area contributed by atoms with Crippen LogP contribution >= 0.6 is 0 Å². The number of ether oxygens (including phenoxy) is 1. The van der Waals surface area contributed by atoms with E-state index in [1.807, 2.05) is 0 Å². The zero-order valence-electron chi connectivity index (χ0n) is 16.1. The van der Waals surface area contributed by atoms with E-state index in [9.17, 15) is 14.7 Å². The van der Waals surface area contributed by atoms with Gasteiger partial charge in [-0.15, -0.1) is 0 Å². The summed E-state index contributed by atoms with van der Waals surface area (Å²) in [6.45, 7) is 6.93. The molecular formula is C21H32O4. The zero-order chi connectivity index (χ0) is 18.5. The van der Waals surface area contributed by atoms with Gasteiger partial charge in [0.1, 0.15) is 0 Å². The largest absolute Gasteiger partial charge is 0.466 e. The molecule has 0 aromatic rings. The highest BCUT2D eigenvalue weighted by atomic mass is 16.5. The minimum atomic E-state index is -0.728. The number of aliphatic hydroxyl groups excluding tert-OH is 1. The molecule has 0 bridgehead atoms. The van der Waals surface area contributed by atoms with Crippen molar-refractivity contribution in [3.05, 3.63) is 11.6 Å². The van der Waals surface area contributed by atoms with E-state index in [1.54, 1.807) is 0 Å². The molecule has 0 saturated heterocycles. The van der Waals surface area contributed by atoms with E-state index in [0.717, 1.165) is 25.7 Å². The predicted molar refractivity (Wildman–Crippen MR) is 95.8 cm³/mol. The summed E-state index contributed by atoms with van der Waals surface area (Å²) in [4.78, 5) is 25.2. The number of esters is 1. The highest BCUT2D eigenvalue weighted by Gasteiger charge is 2.61. The number of carbonyl (C=O) groups is 2. The molecule has 0 aliphatic heterocycles. The van der Waals surface area contributed by atoms with Crippen LogP contribution in [-0.2, 0) is 14.3 Å². The fourth-order valence-electron chi connectivity index (χ4n) is 6.65. The van der Waals surface area contributed by atoms with Gasteiger partial charge in [-0.2, -0.15) is 0 Å². The Morgan fingerprint density at radius 1 is 1.20 bits per heavy atom. The van der Waals surface area contributed by atoms with Gasteiger partial charge in [-0.25, -0.2) is 4.79 Å². The standard InChI is InChI=1S/C21H32O4/c1-19(2)9-5-10-20(3)15(19)8-11-21(13-22)16(20)7-6-14(12-17(21)23)18(24)25-4/h12,15-16,22H,5-11,13H2,1-4H3/t15?,16-,20+,21+/m1/s1. The maximum absolute atomic E-state index is 13.2. The van der Waals surface area contributed by atoms with E-state index in [0.29, 0.717) is 17.9 Å². The van der Waals surface area contributed by atoms with Crippen LogP contribution in [0.4, 0.5) is 0 Å². The zero-order valence-corrected chi connectivity index (χ0v) is 16.1. The molecule has 0 radical (unpaired) electrons. The van der Waals surface area contributed by atoms with Gasteiger partial charge in [0.15, 0.2) is 5.78 Å². The molecule has 3 rings (SSSR count). The molecule has 2 fully saturated rings. The Morgan fingerprint density at radius 3 is 2.56 bits per heavy atom. The van der Waals surface area contributed by atoms with Gasteiger partial charge in [-0.3, -0.25) is 4.79 Å². The molecule has 1 unspecified atom stereocenters. The monoisotopic (exact) mass is 348 g/mol. The van der Waals surface area contributed by atoms with E-state index < -0.39 is 11.4 Å². The lowest BCUT2D eigenvalue weighted by molar-refractivity contribution is -0.164. The molecule has 2 saturated carbocycles. The van der Waals surface area contributed by atoms with E-state index >= 15 is 0 Å². The number of rotatable bonds is 2. The maximum atomic E-state index is 13.2. The first kappa shape index (κ1) is 18.6. The van der Waals surface area contributed by atoms with Gasteiger partial charge in [-0.1, -0.05) is 27.2 Å². The number of ketones is 1. The quantitative estimate of drug-likeness (QED) is 0.773. The summed E-state index contributed by atoms with van der Waals surface area (Å²) in [5.74, 6) is 0.201. The van der Waals surface area contributed by atoms with E-state index in [1.165, 1.54) is 26.0 Å². The second-order valence-corrected chi connectivity index (χ2v) is 9.37. The van der Waals surface area contributed by atoms with Crippen molar-refractivity contribution in [3.8, 4) is 0 Å². The van der Waals surface area contributed by atoms with Gasteiger partial charge < -0.3 is 9.84 Å². The highest BCUT2D eigenvalue weighted by Crippen LogP contribution is 2.66. The SMILES string of the molecule is COC(=O)C1=CC(=O)[C@]2(CO)CCC3C(C)(C)CCC[C@]3(C)[C@H]2CC1. The molecule has 3 aliphatic carbocycles.